The molecule has 3 aromatic carbocycles. The summed E-state index contributed by atoms with van der Waals surface area (Å²) in [5, 5.41) is 2.97. The molecular formula is C27H28N2O3. The summed E-state index contributed by atoms with van der Waals surface area (Å²) in [5.41, 5.74) is 5.14. The molecule has 1 saturated heterocycles. The molecule has 0 aromatic heterocycles. The van der Waals surface area contributed by atoms with E-state index in [-0.39, 0.29) is 17.7 Å². The summed E-state index contributed by atoms with van der Waals surface area (Å²) in [6, 6.07) is 23.8. The van der Waals surface area contributed by atoms with E-state index in [1.807, 2.05) is 36.4 Å². The number of para-hydroxylation sites is 1. The Kier molecular flexibility index (Phi) is 6.55. The second-order valence-corrected chi connectivity index (χ2v) is 8.16. The lowest BCUT2D eigenvalue weighted by Gasteiger charge is -2.24. The van der Waals surface area contributed by atoms with Gasteiger partial charge in [-0.1, -0.05) is 60.7 Å². The van der Waals surface area contributed by atoms with E-state index in [1.165, 1.54) is 11.1 Å². The van der Waals surface area contributed by atoms with Crippen LogP contribution in [0.2, 0.25) is 0 Å². The number of benzene rings is 3. The highest BCUT2D eigenvalue weighted by molar-refractivity contribution is 5.97. The van der Waals surface area contributed by atoms with Crippen LogP contribution in [0.15, 0.2) is 72.8 Å². The Labute approximate surface area is 189 Å². The van der Waals surface area contributed by atoms with E-state index in [2.05, 4.69) is 36.5 Å². The van der Waals surface area contributed by atoms with Crippen molar-refractivity contribution in [3.05, 3.63) is 89.5 Å². The average molecular weight is 429 g/mol. The Morgan fingerprint density at radius 1 is 1.06 bits per heavy atom. The van der Waals surface area contributed by atoms with Gasteiger partial charge in [0.1, 0.15) is 5.75 Å². The van der Waals surface area contributed by atoms with Gasteiger partial charge in [-0.2, -0.15) is 0 Å². The molecule has 1 fully saturated rings. The number of aryl methyl sites for hydroxylation is 1. The zero-order chi connectivity index (χ0) is 22.5. The van der Waals surface area contributed by atoms with E-state index in [1.54, 1.807) is 24.1 Å². The minimum atomic E-state index is -0.316. The molecule has 0 saturated carbocycles. The van der Waals surface area contributed by atoms with Crippen LogP contribution in [-0.2, 0) is 11.2 Å². The summed E-state index contributed by atoms with van der Waals surface area (Å²) in [6.45, 7) is 3.39. The van der Waals surface area contributed by atoms with Crippen molar-refractivity contribution in [1.82, 2.24) is 10.2 Å². The van der Waals surface area contributed by atoms with Crippen LogP contribution < -0.4 is 10.1 Å². The number of carbonyl (C=O) groups is 2. The number of nitrogens with one attached hydrogen (secondary N) is 1. The van der Waals surface area contributed by atoms with Gasteiger partial charge in [0.05, 0.1) is 18.6 Å². The molecule has 2 amide bonds. The van der Waals surface area contributed by atoms with Crippen LogP contribution in [0.5, 0.6) is 5.75 Å². The average Bonchev–Trinajstić information content (AvgIpc) is 3.00. The number of nitrogens with zero attached hydrogens (tertiary/aromatic N) is 1. The van der Waals surface area contributed by atoms with Crippen molar-refractivity contribution in [2.75, 3.05) is 26.7 Å². The molecule has 164 valence electrons. The predicted octanol–water partition coefficient (Wildman–Crippen LogP) is 4.10. The highest BCUT2D eigenvalue weighted by Crippen LogP contribution is 2.26. The summed E-state index contributed by atoms with van der Waals surface area (Å²) < 4.78 is 5.37. The number of hydrogen-bond donors (Lipinski definition) is 1. The summed E-state index contributed by atoms with van der Waals surface area (Å²) in [4.78, 5) is 27.8. The van der Waals surface area contributed by atoms with Gasteiger partial charge < -0.3 is 15.0 Å². The fourth-order valence-electron chi connectivity index (χ4n) is 4.28. The van der Waals surface area contributed by atoms with Crippen molar-refractivity contribution in [3.63, 3.8) is 0 Å². The third-order valence-electron chi connectivity index (χ3n) is 5.98. The first kappa shape index (κ1) is 21.6. The Balaban J connectivity index is 1.55. The van der Waals surface area contributed by atoms with Crippen LogP contribution in [0.3, 0.4) is 0 Å². The number of rotatable bonds is 5. The normalized spacial score (nSPS) is 16.2. The van der Waals surface area contributed by atoms with Crippen LogP contribution in [0.4, 0.5) is 0 Å². The van der Waals surface area contributed by atoms with Crippen LogP contribution in [0.1, 0.15) is 21.5 Å². The third kappa shape index (κ3) is 4.67. The molecule has 0 unspecified atom stereocenters. The predicted molar refractivity (Wildman–Crippen MR) is 126 cm³/mol. The first-order chi connectivity index (χ1) is 15.6. The molecule has 32 heavy (non-hydrogen) atoms. The van der Waals surface area contributed by atoms with Crippen molar-refractivity contribution < 1.29 is 14.3 Å². The molecule has 1 atom stereocenters. The maximum absolute atomic E-state index is 13.2. The number of methoxy groups -OCH3 is 1. The van der Waals surface area contributed by atoms with E-state index in [0.717, 1.165) is 11.1 Å². The van der Waals surface area contributed by atoms with Crippen molar-refractivity contribution in [3.8, 4) is 16.9 Å². The molecule has 5 nitrogen and oxygen atoms in total. The van der Waals surface area contributed by atoms with Crippen molar-refractivity contribution >= 4 is 11.8 Å². The fourth-order valence-corrected chi connectivity index (χ4v) is 4.28. The molecule has 0 aliphatic carbocycles. The SMILES string of the molecule is COc1ccccc1C(=O)N1CCNC(=O)[C@H](Cc2cccc(-c3ccccc3C)c2)C1. The number of amides is 2. The molecule has 0 bridgehead atoms. The molecule has 1 aliphatic rings. The Bertz CT molecular complexity index is 1130. The molecule has 0 radical (unpaired) electrons. The van der Waals surface area contributed by atoms with Gasteiger partial charge in [-0.3, -0.25) is 9.59 Å². The van der Waals surface area contributed by atoms with Gasteiger partial charge >= 0.3 is 0 Å². The third-order valence-corrected chi connectivity index (χ3v) is 5.98. The number of hydrogen-bond acceptors (Lipinski definition) is 3. The van der Waals surface area contributed by atoms with Crippen LogP contribution in [-0.4, -0.2) is 43.5 Å². The van der Waals surface area contributed by atoms with E-state index in [4.69, 9.17) is 4.74 Å². The highest BCUT2D eigenvalue weighted by atomic mass is 16.5. The zero-order valence-corrected chi connectivity index (χ0v) is 18.5. The molecule has 5 heteroatoms. The quantitative estimate of drug-likeness (QED) is 0.666. The summed E-state index contributed by atoms with van der Waals surface area (Å²) in [5.74, 6) is 0.103. The zero-order valence-electron chi connectivity index (χ0n) is 18.5. The first-order valence-corrected chi connectivity index (χ1v) is 10.9. The standard InChI is InChI=1S/C27H28N2O3/c1-19-8-3-4-11-23(19)21-10-7-9-20(16-21)17-22-18-29(15-14-28-26(22)30)27(31)24-12-5-6-13-25(24)32-2/h3-13,16,22H,14-15,17-18H2,1-2H3,(H,28,30)/t22-/m1/s1. The Morgan fingerprint density at radius 2 is 1.84 bits per heavy atom. The first-order valence-electron chi connectivity index (χ1n) is 10.9. The van der Waals surface area contributed by atoms with Gasteiger partial charge in [-0.05, 0) is 47.7 Å². The largest absolute Gasteiger partial charge is 0.496 e. The van der Waals surface area contributed by atoms with Crippen LogP contribution >= 0.6 is 0 Å². The molecule has 1 heterocycles. The maximum atomic E-state index is 13.2. The number of carbonyl (C=O) groups excluding carboxylic acids is 2. The van der Waals surface area contributed by atoms with Gasteiger partial charge in [0, 0.05) is 19.6 Å². The van der Waals surface area contributed by atoms with Crippen molar-refractivity contribution in [1.29, 1.82) is 0 Å². The van der Waals surface area contributed by atoms with Gasteiger partial charge in [-0.15, -0.1) is 0 Å². The smallest absolute Gasteiger partial charge is 0.257 e. The fraction of sp³-hybridized carbons (Fsp3) is 0.259. The second-order valence-electron chi connectivity index (χ2n) is 8.16. The lowest BCUT2D eigenvalue weighted by atomic mass is 9.94. The van der Waals surface area contributed by atoms with E-state index < -0.39 is 0 Å². The monoisotopic (exact) mass is 428 g/mol. The minimum Gasteiger partial charge on any atom is -0.496 e. The lowest BCUT2D eigenvalue weighted by molar-refractivity contribution is -0.124. The number of ether oxygens (including phenoxy) is 1. The molecule has 4 rings (SSSR count). The van der Waals surface area contributed by atoms with Crippen molar-refractivity contribution in [2.24, 2.45) is 5.92 Å². The molecular weight excluding hydrogens is 400 g/mol. The van der Waals surface area contributed by atoms with E-state index >= 15 is 0 Å². The minimum absolute atomic E-state index is 0.0124. The van der Waals surface area contributed by atoms with Gasteiger partial charge in [-0.25, -0.2) is 0 Å². The molecule has 1 N–H and O–H groups in total. The van der Waals surface area contributed by atoms with Crippen molar-refractivity contribution in [2.45, 2.75) is 13.3 Å². The molecule has 3 aromatic rings. The molecule has 1 aliphatic heterocycles. The highest BCUT2D eigenvalue weighted by Gasteiger charge is 2.29. The van der Waals surface area contributed by atoms with Gasteiger partial charge in [0.25, 0.3) is 5.91 Å². The van der Waals surface area contributed by atoms with E-state index in [9.17, 15) is 9.59 Å². The topological polar surface area (TPSA) is 58.6 Å². The Morgan fingerprint density at radius 3 is 2.66 bits per heavy atom. The lowest BCUT2D eigenvalue weighted by Crippen LogP contribution is -2.37. The Hall–Kier alpha value is -3.60. The maximum Gasteiger partial charge on any atom is 0.257 e. The van der Waals surface area contributed by atoms with Gasteiger partial charge in [0.2, 0.25) is 5.91 Å². The van der Waals surface area contributed by atoms with E-state index in [0.29, 0.717) is 37.4 Å². The summed E-state index contributed by atoms with van der Waals surface area (Å²) in [7, 11) is 1.56. The second kappa shape index (κ2) is 9.69. The van der Waals surface area contributed by atoms with Crippen LogP contribution in [0, 0.1) is 12.8 Å². The van der Waals surface area contributed by atoms with Gasteiger partial charge in [0.15, 0.2) is 0 Å². The molecule has 0 spiro atoms. The summed E-state index contributed by atoms with van der Waals surface area (Å²) in [6.07, 6.45) is 0.571. The van der Waals surface area contributed by atoms with Crippen LogP contribution in [0.25, 0.3) is 11.1 Å². The summed E-state index contributed by atoms with van der Waals surface area (Å²) >= 11 is 0.